The third-order valence-corrected chi connectivity index (χ3v) is 2.39. The molecule has 0 bridgehead atoms. The fourth-order valence-corrected chi connectivity index (χ4v) is 1.66. The number of nitrogens with two attached hydrogens (primary N) is 1. The van der Waals surface area contributed by atoms with E-state index in [2.05, 4.69) is 4.98 Å². The molecule has 14 heavy (non-hydrogen) atoms. The molecule has 4 heteroatoms. The summed E-state index contributed by atoms with van der Waals surface area (Å²) in [6, 6.07) is 0. The topological polar surface area (TPSA) is 65.2 Å². The van der Waals surface area contributed by atoms with Crippen LogP contribution in [0.3, 0.4) is 0 Å². The monoisotopic (exact) mass is 192 g/mol. The second-order valence-corrected chi connectivity index (χ2v) is 3.25. The van der Waals surface area contributed by atoms with Crippen LogP contribution in [0.2, 0.25) is 0 Å². The molecule has 0 unspecified atom stereocenters. The fourth-order valence-electron chi connectivity index (χ4n) is 1.66. The molecule has 0 saturated carbocycles. The minimum absolute atomic E-state index is 0.0407. The van der Waals surface area contributed by atoms with Crippen LogP contribution in [0, 0.1) is 0 Å². The van der Waals surface area contributed by atoms with E-state index >= 15 is 0 Å². The van der Waals surface area contributed by atoms with Crippen molar-refractivity contribution in [1.29, 1.82) is 0 Å². The lowest BCUT2D eigenvalue weighted by Crippen LogP contribution is -2.20. The number of fused-ring (bicyclic) bond motifs is 1. The van der Waals surface area contributed by atoms with E-state index in [1.165, 1.54) is 0 Å². The molecule has 0 radical (unpaired) electrons. The second kappa shape index (κ2) is 3.86. The largest absolute Gasteiger partial charge is 0.376 e. The van der Waals surface area contributed by atoms with Gasteiger partial charge in [0.05, 0.1) is 19.8 Å². The average Bonchev–Trinajstić information content (AvgIpc) is 2.27. The average molecular weight is 192 g/mol. The van der Waals surface area contributed by atoms with Crippen molar-refractivity contribution in [2.45, 2.75) is 13.0 Å². The molecule has 1 aromatic heterocycles. The highest BCUT2D eigenvalue weighted by Crippen LogP contribution is 2.19. The molecule has 1 aliphatic heterocycles. The first-order chi connectivity index (χ1) is 6.83. The maximum absolute atomic E-state index is 11.5. The minimum Gasteiger partial charge on any atom is -0.376 e. The summed E-state index contributed by atoms with van der Waals surface area (Å²) >= 11 is 0. The molecular formula is C10H12N2O2. The Balaban J connectivity index is 2.45. The summed E-state index contributed by atoms with van der Waals surface area (Å²) < 4.78 is 5.28. The van der Waals surface area contributed by atoms with Crippen molar-refractivity contribution in [3.8, 4) is 0 Å². The Bertz CT molecular complexity index is 363. The zero-order valence-corrected chi connectivity index (χ0v) is 7.82. The molecule has 0 aliphatic carbocycles. The lowest BCUT2D eigenvalue weighted by molar-refractivity contribution is 0.0984. The van der Waals surface area contributed by atoms with Gasteiger partial charge in [-0.15, -0.1) is 0 Å². The number of hydrogen-bond donors (Lipinski definition) is 1. The Morgan fingerprint density at radius 1 is 1.57 bits per heavy atom. The number of hydrogen-bond acceptors (Lipinski definition) is 4. The van der Waals surface area contributed by atoms with Gasteiger partial charge in [-0.1, -0.05) is 0 Å². The maximum Gasteiger partial charge on any atom is 0.178 e. The third kappa shape index (κ3) is 1.54. The van der Waals surface area contributed by atoms with Gasteiger partial charge in [-0.05, 0) is 12.0 Å². The maximum atomic E-state index is 11.5. The molecule has 2 heterocycles. The van der Waals surface area contributed by atoms with Gasteiger partial charge in [-0.2, -0.15) is 0 Å². The number of ketones is 1. The van der Waals surface area contributed by atoms with Gasteiger partial charge >= 0.3 is 0 Å². The Labute approximate surface area is 82.1 Å². The van der Waals surface area contributed by atoms with Crippen molar-refractivity contribution in [3.05, 3.63) is 29.1 Å². The molecule has 0 aromatic carbocycles. The van der Waals surface area contributed by atoms with Crippen molar-refractivity contribution < 1.29 is 9.53 Å². The molecule has 74 valence electrons. The van der Waals surface area contributed by atoms with E-state index in [4.69, 9.17) is 10.5 Å². The van der Waals surface area contributed by atoms with Crippen LogP contribution in [-0.4, -0.2) is 23.9 Å². The van der Waals surface area contributed by atoms with Crippen LogP contribution in [0.4, 0.5) is 0 Å². The van der Waals surface area contributed by atoms with Gasteiger partial charge in [0.1, 0.15) is 0 Å². The molecule has 2 N–H and O–H groups in total. The molecular weight excluding hydrogens is 180 g/mol. The van der Waals surface area contributed by atoms with Gasteiger partial charge in [-0.3, -0.25) is 9.78 Å². The SMILES string of the molecule is NCC(=O)c1cncc2c1CCOC2. The zero-order valence-electron chi connectivity index (χ0n) is 7.82. The van der Waals surface area contributed by atoms with Crippen molar-refractivity contribution >= 4 is 5.78 Å². The van der Waals surface area contributed by atoms with Crippen molar-refractivity contribution in [2.75, 3.05) is 13.2 Å². The van der Waals surface area contributed by atoms with Crippen LogP contribution in [0.25, 0.3) is 0 Å². The van der Waals surface area contributed by atoms with Crippen LogP contribution in [0.1, 0.15) is 21.5 Å². The lowest BCUT2D eigenvalue weighted by Gasteiger charge is -2.18. The number of pyridine rings is 1. The highest BCUT2D eigenvalue weighted by atomic mass is 16.5. The number of rotatable bonds is 2. The number of carbonyl (C=O) groups is 1. The van der Waals surface area contributed by atoms with Crippen LogP contribution in [0.15, 0.2) is 12.4 Å². The highest BCUT2D eigenvalue weighted by Gasteiger charge is 2.17. The van der Waals surface area contributed by atoms with Crippen LogP contribution in [-0.2, 0) is 17.8 Å². The van der Waals surface area contributed by atoms with Crippen LogP contribution in [0.5, 0.6) is 0 Å². The molecule has 1 aromatic rings. The smallest absolute Gasteiger partial charge is 0.178 e. The Morgan fingerprint density at radius 3 is 3.21 bits per heavy atom. The van der Waals surface area contributed by atoms with Gasteiger partial charge in [0.15, 0.2) is 5.78 Å². The summed E-state index contributed by atoms with van der Waals surface area (Å²) in [6.07, 6.45) is 4.13. The van der Waals surface area contributed by atoms with Gasteiger partial charge in [0.25, 0.3) is 0 Å². The third-order valence-electron chi connectivity index (χ3n) is 2.39. The molecule has 0 amide bonds. The predicted octanol–water partition coefficient (Wildman–Crippen LogP) is 0.296. The van der Waals surface area contributed by atoms with E-state index in [1.54, 1.807) is 12.4 Å². The Hall–Kier alpha value is -1.26. The van der Waals surface area contributed by atoms with Gasteiger partial charge < -0.3 is 10.5 Å². The second-order valence-electron chi connectivity index (χ2n) is 3.25. The Morgan fingerprint density at radius 2 is 2.43 bits per heavy atom. The van der Waals surface area contributed by atoms with E-state index < -0.39 is 0 Å². The first-order valence-electron chi connectivity index (χ1n) is 4.59. The van der Waals surface area contributed by atoms with E-state index in [1.807, 2.05) is 0 Å². The van der Waals surface area contributed by atoms with E-state index in [0.717, 1.165) is 17.5 Å². The quantitative estimate of drug-likeness (QED) is 0.684. The highest BCUT2D eigenvalue weighted by molar-refractivity contribution is 5.98. The van der Waals surface area contributed by atoms with Gasteiger partial charge in [0, 0.05) is 23.5 Å². The summed E-state index contributed by atoms with van der Waals surface area (Å²) in [4.78, 5) is 15.5. The Kier molecular flexibility index (Phi) is 2.56. The molecule has 4 nitrogen and oxygen atoms in total. The van der Waals surface area contributed by atoms with Crippen LogP contribution >= 0.6 is 0 Å². The van der Waals surface area contributed by atoms with Crippen molar-refractivity contribution in [1.82, 2.24) is 4.98 Å². The van der Waals surface area contributed by atoms with E-state index in [0.29, 0.717) is 18.8 Å². The minimum atomic E-state index is -0.0451. The predicted molar refractivity (Wildman–Crippen MR) is 51.0 cm³/mol. The summed E-state index contributed by atoms with van der Waals surface area (Å²) in [5.41, 5.74) is 8.06. The first kappa shape index (κ1) is 9.30. The van der Waals surface area contributed by atoms with Gasteiger partial charge in [0.2, 0.25) is 0 Å². The summed E-state index contributed by atoms with van der Waals surface area (Å²) in [5, 5.41) is 0. The molecule has 2 rings (SSSR count). The number of Topliss-reactive ketones (excluding diaryl/α,β-unsaturated/α-hetero) is 1. The fraction of sp³-hybridized carbons (Fsp3) is 0.400. The molecule has 1 aliphatic rings. The number of ether oxygens (including phenoxy) is 1. The number of carbonyl (C=O) groups excluding carboxylic acids is 1. The molecule has 0 spiro atoms. The zero-order chi connectivity index (χ0) is 9.97. The van der Waals surface area contributed by atoms with Crippen molar-refractivity contribution in [3.63, 3.8) is 0 Å². The van der Waals surface area contributed by atoms with E-state index in [-0.39, 0.29) is 12.3 Å². The molecule has 0 saturated heterocycles. The standard InChI is InChI=1S/C10H12N2O2/c11-3-10(13)9-5-12-4-7-6-14-2-1-8(7)9/h4-5H,1-3,6,11H2. The number of aromatic nitrogens is 1. The molecule has 0 atom stereocenters. The van der Waals surface area contributed by atoms with Crippen LogP contribution < -0.4 is 5.73 Å². The summed E-state index contributed by atoms with van der Waals surface area (Å²) in [6.45, 7) is 1.26. The number of nitrogens with zero attached hydrogens (tertiary/aromatic N) is 1. The van der Waals surface area contributed by atoms with Crippen molar-refractivity contribution in [2.24, 2.45) is 5.73 Å². The van der Waals surface area contributed by atoms with Gasteiger partial charge in [-0.25, -0.2) is 0 Å². The summed E-state index contributed by atoms with van der Waals surface area (Å²) in [5.74, 6) is -0.0451. The molecule has 0 fully saturated rings. The summed E-state index contributed by atoms with van der Waals surface area (Å²) in [7, 11) is 0. The first-order valence-corrected chi connectivity index (χ1v) is 4.59. The normalized spacial score (nSPS) is 14.9. The van der Waals surface area contributed by atoms with E-state index in [9.17, 15) is 4.79 Å². The lowest BCUT2D eigenvalue weighted by atomic mass is 9.98.